The highest BCUT2D eigenvalue weighted by atomic mass is 35.5. The van der Waals surface area contributed by atoms with E-state index < -0.39 is 0 Å². The summed E-state index contributed by atoms with van der Waals surface area (Å²) in [5.41, 5.74) is 3.46. The fourth-order valence-electron chi connectivity index (χ4n) is 4.86. The number of nitrogens with one attached hydrogen (secondary N) is 1. The molecule has 4 rings (SSSR count). The summed E-state index contributed by atoms with van der Waals surface area (Å²) in [7, 11) is 0. The van der Waals surface area contributed by atoms with Gasteiger partial charge in [-0.1, -0.05) is 17.7 Å². The molecule has 1 aromatic rings. The number of Topliss-reactive ketones (excluding diaryl/α,β-unsaturated/α-hetero) is 1. The fraction of sp³-hybridized carbons (Fsp3) is 0.619. The molecular weight excluding hydrogens is 396 g/mol. The van der Waals surface area contributed by atoms with Crippen LogP contribution in [0.2, 0.25) is 5.02 Å². The van der Waals surface area contributed by atoms with Crippen LogP contribution in [-0.2, 0) is 22.4 Å². The number of amides is 1. The van der Waals surface area contributed by atoms with Crippen LogP contribution in [0.1, 0.15) is 36.0 Å². The number of halogens is 1. The molecule has 2 heterocycles. The third kappa shape index (κ3) is 3.72. The maximum Gasteiger partial charge on any atom is 0.226 e. The zero-order chi connectivity index (χ0) is 19.8. The number of aryl methyl sites for hydroxylation is 1. The summed E-state index contributed by atoms with van der Waals surface area (Å²) in [6, 6.07) is 3.57. The van der Waals surface area contributed by atoms with E-state index in [1.54, 1.807) is 0 Å². The number of aliphatic hydroxyl groups excluding tert-OH is 1. The second-order valence-electron chi connectivity index (χ2n) is 8.14. The Balaban J connectivity index is 1.49. The number of hydrogen-bond acceptors (Lipinski definition) is 5. The van der Waals surface area contributed by atoms with Crippen molar-refractivity contribution in [2.45, 2.75) is 56.4 Å². The molecule has 3 aliphatic rings. The topological polar surface area (TPSA) is 69.6 Å². The van der Waals surface area contributed by atoms with Gasteiger partial charge in [-0.2, -0.15) is 0 Å². The minimum atomic E-state index is -0.346. The molecule has 1 amide bonds. The zero-order valence-electron chi connectivity index (χ0n) is 16.1. The van der Waals surface area contributed by atoms with E-state index in [4.69, 9.17) is 11.6 Å². The third-order valence-corrected chi connectivity index (χ3v) is 7.90. The van der Waals surface area contributed by atoms with E-state index in [1.165, 1.54) is 22.9 Å². The van der Waals surface area contributed by atoms with Crippen molar-refractivity contribution in [3.8, 4) is 0 Å². The first-order chi connectivity index (χ1) is 13.5. The van der Waals surface area contributed by atoms with Gasteiger partial charge >= 0.3 is 0 Å². The average molecular weight is 423 g/mol. The maximum atomic E-state index is 13.3. The molecule has 1 aromatic carbocycles. The van der Waals surface area contributed by atoms with Crippen LogP contribution >= 0.6 is 23.4 Å². The summed E-state index contributed by atoms with van der Waals surface area (Å²) in [6.07, 6.45) is 3.89. The second-order valence-corrected chi connectivity index (χ2v) is 9.68. The Hall–Kier alpha value is -1.08. The Labute approximate surface area is 175 Å². The number of nitrogens with zero attached hydrogens (tertiary/aromatic N) is 1. The van der Waals surface area contributed by atoms with Crippen LogP contribution in [0.4, 0.5) is 0 Å². The first-order valence-corrected chi connectivity index (χ1v) is 11.5. The molecule has 2 saturated heterocycles. The molecular formula is C21H27ClN2O3S. The van der Waals surface area contributed by atoms with Gasteiger partial charge in [0, 0.05) is 29.4 Å². The first kappa shape index (κ1) is 20.2. The molecule has 0 saturated carbocycles. The molecule has 0 spiro atoms. The van der Waals surface area contributed by atoms with Crippen LogP contribution in [0.5, 0.6) is 0 Å². The lowest BCUT2D eigenvalue weighted by atomic mass is 9.82. The SMILES string of the molecule is Cc1cc(Cl)c2c(c1)CC(C(=O)N1CCC[C@H]1C(=O)C1SCN[C@@H]1CO)CC2. The third-order valence-electron chi connectivity index (χ3n) is 6.31. The number of rotatable bonds is 4. The average Bonchev–Trinajstić information content (AvgIpc) is 3.35. The Kier molecular flexibility index (Phi) is 6.02. The second kappa shape index (κ2) is 8.34. The van der Waals surface area contributed by atoms with Crippen LogP contribution < -0.4 is 5.32 Å². The van der Waals surface area contributed by atoms with Crippen molar-refractivity contribution in [1.82, 2.24) is 10.2 Å². The van der Waals surface area contributed by atoms with E-state index >= 15 is 0 Å². The lowest BCUT2D eigenvalue weighted by Gasteiger charge is -2.32. The van der Waals surface area contributed by atoms with Crippen molar-refractivity contribution in [2.24, 2.45) is 5.92 Å². The number of ketones is 1. The highest BCUT2D eigenvalue weighted by Gasteiger charge is 2.43. The normalized spacial score (nSPS) is 29.8. The van der Waals surface area contributed by atoms with Crippen molar-refractivity contribution in [2.75, 3.05) is 19.0 Å². The van der Waals surface area contributed by atoms with E-state index in [1.807, 2.05) is 17.9 Å². The van der Waals surface area contributed by atoms with Crippen LogP contribution in [0.3, 0.4) is 0 Å². The molecule has 5 nitrogen and oxygen atoms in total. The van der Waals surface area contributed by atoms with E-state index in [9.17, 15) is 14.7 Å². The predicted octanol–water partition coefficient (Wildman–Crippen LogP) is 2.34. The number of hydrogen-bond donors (Lipinski definition) is 2. The minimum Gasteiger partial charge on any atom is -0.395 e. The van der Waals surface area contributed by atoms with Gasteiger partial charge in [0.15, 0.2) is 5.78 Å². The number of benzene rings is 1. The summed E-state index contributed by atoms with van der Waals surface area (Å²) in [4.78, 5) is 28.3. The van der Waals surface area contributed by atoms with Gasteiger partial charge in [-0.3, -0.25) is 9.59 Å². The van der Waals surface area contributed by atoms with Crippen molar-refractivity contribution in [1.29, 1.82) is 0 Å². The number of carbonyl (C=O) groups is 2. The summed E-state index contributed by atoms with van der Waals surface area (Å²) >= 11 is 7.94. The number of aliphatic hydroxyl groups is 1. The molecule has 7 heteroatoms. The van der Waals surface area contributed by atoms with Gasteiger partial charge in [0.05, 0.1) is 17.9 Å². The predicted molar refractivity (Wildman–Crippen MR) is 112 cm³/mol. The zero-order valence-corrected chi connectivity index (χ0v) is 17.7. The van der Waals surface area contributed by atoms with Crippen LogP contribution in [-0.4, -0.2) is 58.1 Å². The lowest BCUT2D eigenvalue weighted by molar-refractivity contribution is -0.141. The highest BCUT2D eigenvalue weighted by molar-refractivity contribution is 8.00. The monoisotopic (exact) mass is 422 g/mol. The molecule has 0 aromatic heterocycles. The number of fused-ring (bicyclic) bond motifs is 1. The molecule has 2 N–H and O–H groups in total. The molecule has 2 unspecified atom stereocenters. The van der Waals surface area contributed by atoms with E-state index in [-0.39, 0.29) is 41.5 Å². The summed E-state index contributed by atoms with van der Waals surface area (Å²) < 4.78 is 0. The largest absolute Gasteiger partial charge is 0.395 e. The molecule has 1 aliphatic carbocycles. The van der Waals surface area contributed by atoms with Gasteiger partial charge in [-0.15, -0.1) is 11.8 Å². The van der Waals surface area contributed by atoms with E-state index in [2.05, 4.69) is 11.4 Å². The number of carbonyl (C=O) groups excluding carboxylic acids is 2. The first-order valence-electron chi connectivity index (χ1n) is 10.1. The van der Waals surface area contributed by atoms with Crippen LogP contribution in [0.15, 0.2) is 12.1 Å². The van der Waals surface area contributed by atoms with Crippen molar-refractivity contribution in [3.63, 3.8) is 0 Å². The summed E-state index contributed by atoms with van der Waals surface area (Å²) in [5, 5.41) is 13.2. The summed E-state index contributed by atoms with van der Waals surface area (Å²) in [5.74, 6) is 0.786. The standard InChI is InChI=1S/C21H27ClN2O3S/c1-12-7-14-9-13(4-5-15(14)16(22)8-12)21(27)24-6-2-3-18(24)19(26)20-17(10-25)23-11-28-20/h7-8,13,17-18,20,23,25H,2-6,9-11H2,1H3/t13?,17-,18+,20?/m1/s1. The summed E-state index contributed by atoms with van der Waals surface area (Å²) in [6.45, 7) is 2.63. The molecule has 2 aliphatic heterocycles. The van der Waals surface area contributed by atoms with Crippen molar-refractivity contribution < 1.29 is 14.7 Å². The van der Waals surface area contributed by atoms with Gasteiger partial charge < -0.3 is 15.3 Å². The van der Waals surface area contributed by atoms with Crippen LogP contribution in [0.25, 0.3) is 0 Å². The van der Waals surface area contributed by atoms with Gasteiger partial charge in [-0.05, 0) is 61.8 Å². The van der Waals surface area contributed by atoms with Gasteiger partial charge in [0.1, 0.15) is 0 Å². The van der Waals surface area contributed by atoms with Gasteiger partial charge in [0.25, 0.3) is 0 Å². The molecule has 152 valence electrons. The Morgan fingerprint density at radius 1 is 1.36 bits per heavy atom. The molecule has 4 atom stereocenters. The van der Waals surface area contributed by atoms with Crippen molar-refractivity contribution >= 4 is 35.1 Å². The Bertz CT molecular complexity index is 787. The quantitative estimate of drug-likeness (QED) is 0.779. The minimum absolute atomic E-state index is 0.0520. The smallest absolute Gasteiger partial charge is 0.226 e. The van der Waals surface area contributed by atoms with E-state index in [0.717, 1.165) is 36.3 Å². The van der Waals surface area contributed by atoms with Crippen LogP contribution in [0, 0.1) is 12.8 Å². The lowest BCUT2D eigenvalue weighted by Crippen LogP contribution is -2.50. The number of thioether (sulfide) groups is 1. The molecule has 2 fully saturated rings. The number of likely N-dealkylation sites (tertiary alicyclic amines) is 1. The van der Waals surface area contributed by atoms with Gasteiger partial charge in [0.2, 0.25) is 5.91 Å². The molecule has 0 radical (unpaired) electrons. The highest BCUT2D eigenvalue weighted by Crippen LogP contribution is 2.35. The van der Waals surface area contributed by atoms with Crippen molar-refractivity contribution in [3.05, 3.63) is 33.8 Å². The Morgan fingerprint density at radius 2 is 2.18 bits per heavy atom. The molecule has 28 heavy (non-hydrogen) atoms. The van der Waals surface area contributed by atoms with E-state index in [0.29, 0.717) is 18.8 Å². The molecule has 0 bridgehead atoms. The fourth-order valence-corrected chi connectivity index (χ4v) is 6.48. The Morgan fingerprint density at radius 3 is 2.96 bits per heavy atom. The van der Waals surface area contributed by atoms with Gasteiger partial charge in [-0.25, -0.2) is 0 Å². The maximum absolute atomic E-state index is 13.3.